The fourth-order valence-corrected chi connectivity index (χ4v) is 3.43. The zero-order valence-electron chi connectivity index (χ0n) is 16.0. The van der Waals surface area contributed by atoms with Crippen LogP contribution in [0.5, 0.6) is 0 Å². The van der Waals surface area contributed by atoms with Crippen LogP contribution < -0.4 is 5.73 Å². The summed E-state index contributed by atoms with van der Waals surface area (Å²) in [4.78, 5) is 12.2. The van der Waals surface area contributed by atoms with Crippen molar-refractivity contribution < 1.29 is 4.39 Å². The number of halogens is 1. The molecule has 3 heterocycles. The van der Waals surface area contributed by atoms with Gasteiger partial charge >= 0.3 is 0 Å². The molecule has 0 radical (unpaired) electrons. The molecular weight excluding hydrogens is 341 g/mol. The van der Waals surface area contributed by atoms with Gasteiger partial charge in [-0.2, -0.15) is 0 Å². The van der Waals surface area contributed by atoms with Gasteiger partial charge in [-0.3, -0.25) is 0 Å². The van der Waals surface area contributed by atoms with E-state index in [1.54, 1.807) is 23.0 Å². The van der Waals surface area contributed by atoms with E-state index in [0.29, 0.717) is 5.65 Å². The van der Waals surface area contributed by atoms with Gasteiger partial charge in [-0.25, -0.2) is 19.3 Å². The average Bonchev–Trinajstić information content (AvgIpc) is 3.15. The summed E-state index contributed by atoms with van der Waals surface area (Å²) in [5.74, 6) is -0.145. The van der Waals surface area contributed by atoms with Gasteiger partial charge in [0, 0.05) is 35.9 Å². The van der Waals surface area contributed by atoms with Crippen LogP contribution in [0.25, 0.3) is 11.2 Å². The van der Waals surface area contributed by atoms with Crippen LogP contribution in [-0.2, 0) is 0 Å². The number of fused-ring (bicyclic) bond motifs is 1. The molecule has 2 N–H and O–H groups in total. The molecule has 27 heavy (non-hydrogen) atoms. The van der Waals surface area contributed by atoms with Crippen LogP contribution in [0.1, 0.15) is 62.3 Å². The zero-order chi connectivity index (χ0) is 19.2. The molecule has 3 aromatic heterocycles. The highest BCUT2D eigenvalue weighted by molar-refractivity contribution is 5.80. The molecule has 1 saturated carbocycles. The Morgan fingerprint density at radius 2 is 1.81 bits per heavy atom. The van der Waals surface area contributed by atoms with E-state index in [1.165, 1.54) is 44.6 Å². The van der Waals surface area contributed by atoms with Crippen LogP contribution in [0.4, 0.5) is 10.3 Å². The summed E-state index contributed by atoms with van der Waals surface area (Å²) in [5, 5.41) is 0. The van der Waals surface area contributed by atoms with Crippen LogP contribution in [0.15, 0.2) is 36.9 Å². The van der Waals surface area contributed by atoms with E-state index in [0.717, 1.165) is 22.4 Å². The third kappa shape index (κ3) is 4.51. The number of hydrogen-bond donors (Lipinski definition) is 1. The van der Waals surface area contributed by atoms with E-state index in [4.69, 9.17) is 5.73 Å². The molecule has 1 aliphatic carbocycles. The molecule has 1 fully saturated rings. The highest BCUT2D eigenvalue weighted by atomic mass is 19.1. The van der Waals surface area contributed by atoms with E-state index < -0.39 is 0 Å². The number of hydrogen-bond acceptors (Lipinski definition) is 4. The summed E-state index contributed by atoms with van der Waals surface area (Å²) in [6.45, 7) is 3.74. The first-order valence-electron chi connectivity index (χ1n) is 9.48. The zero-order valence-corrected chi connectivity index (χ0v) is 16.0. The van der Waals surface area contributed by atoms with Gasteiger partial charge in [0.1, 0.15) is 0 Å². The molecule has 3 aromatic rings. The van der Waals surface area contributed by atoms with Crippen molar-refractivity contribution in [1.82, 2.24) is 19.4 Å². The topological polar surface area (TPSA) is 69.1 Å². The minimum atomic E-state index is -0.370. The number of aryl methyl sites for hydroxylation is 1. The molecule has 0 amide bonds. The number of rotatable bonds is 2. The minimum absolute atomic E-state index is 0.225. The molecule has 0 unspecified atom stereocenters. The lowest BCUT2D eigenvalue weighted by atomic mass is 9.99. The number of anilines is 1. The van der Waals surface area contributed by atoms with Crippen molar-refractivity contribution in [3.8, 4) is 0 Å². The Kier molecular flexibility index (Phi) is 6.16. The number of allylic oxidation sites excluding steroid dienone is 1. The molecule has 4 rings (SSSR count). The summed E-state index contributed by atoms with van der Waals surface area (Å²) >= 11 is 0. The second-order valence-electron chi connectivity index (χ2n) is 6.79. The highest BCUT2D eigenvalue weighted by Crippen LogP contribution is 2.26. The second kappa shape index (κ2) is 8.75. The third-order valence-corrected chi connectivity index (χ3v) is 4.83. The molecule has 5 nitrogen and oxygen atoms in total. The summed E-state index contributed by atoms with van der Waals surface area (Å²) in [6, 6.07) is 1.47. The van der Waals surface area contributed by atoms with Crippen molar-refractivity contribution >= 4 is 17.2 Å². The van der Waals surface area contributed by atoms with Crippen molar-refractivity contribution in [2.24, 2.45) is 0 Å². The van der Waals surface area contributed by atoms with E-state index in [2.05, 4.69) is 15.0 Å². The number of pyridine rings is 1. The van der Waals surface area contributed by atoms with Gasteiger partial charge in [0.15, 0.2) is 11.5 Å². The van der Waals surface area contributed by atoms with Gasteiger partial charge in [-0.1, -0.05) is 44.6 Å². The fraction of sp³-hybridized carbons (Fsp3) is 0.381. The molecule has 0 atom stereocenters. The quantitative estimate of drug-likeness (QED) is 0.696. The molecular formula is C21H26FN5. The number of imidazole rings is 1. The maximum Gasteiger partial charge on any atom is 0.220 e. The molecule has 0 bridgehead atoms. The standard InChI is InChI=1S/C15H14FN5.C6H12/c1-3-11(12-7-19-15(17)20-9(12)2)10-6-13(16)14-18-4-5-21(14)8-10;1-2-4-6-5-3-1/h3-8H,1-2H3,(H2,17,19,20);1-6H2/b11-3-;. The van der Waals surface area contributed by atoms with E-state index in [9.17, 15) is 4.39 Å². The molecule has 6 heteroatoms. The normalized spacial score (nSPS) is 14.7. The minimum Gasteiger partial charge on any atom is -0.368 e. The lowest BCUT2D eigenvalue weighted by Crippen LogP contribution is -2.02. The number of nitrogens with zero attached hydrogens (tertiary/aromatic N) is 4. The molecule has 0 spiro atoms. The lowest BCUT2D eigenvalue weighted by Gasteiger charge is -2.11. The Labute approximate surface area is 159 Å². The van der Waals surface area contributed by atoms with Gasteiger partial charge in [0.05, 0.1) is 5.69 Å². The first kappa shape index (κ1) is 19.0. The van der Waals surface area contributed by atoms with Crippen LogP contribution in [0.3, 0.4) is 0 Å². The number of nitrogen functional groups attached to an aromatic ring is 1. The van der Waals surface area contributed by atoms with Crippen molar-refractivity contribution in [3.05, 3.63) is 59.6 Å². The Balaban J connectivity index is 0.000000299. The Bertz CT molecular complexity index is 929. The maximum absolute atomic E-state index is 14.1. The predicted molar refractivity (Wildman–Crippen MR) is 107 cm³/mol. The Hall–Kier alpha value is -2.76. The van der Waals surface area contributed by atoms with Crippen LogP contribution >= 0.6 is 0 Å². The molecule has 142 valence electrons. The highest BCUT2D eigenvalue weighted by Gasteiger charge is 2.13. The van der Waals surface area contributed by atoms with Gasteiger partial charge in [0.2, 0.25) is 5.95 Å². The van der Waals surface area contributed by atoms with Crippen molar-refractivity contribution in [2.75, 3.05) is 5.73 Å². The van der Waals surface area contributed by atoms with E-state index in [-0.39, 0.29) is 11.8 Å². The molecule has 0 aliphatic heterocycles. The Morgan fingerprint density at radius 3 is 2.41 bits per heavy atom. The van der Waals surface area contributed by atoms with Gasteiger partial charge < -0.3 is 10.1 Å². The smallest absolute Gasteiger partial charge is 0.220 e. The van der Waals surface area contributed by atoms with E-state index >= 15 is 0 Å². The van der Waals surface area contributed by atoms with E-state index in [1.807, 2.05) is 26.1 Å². The fourth-order valence-electron chi connectivity index (χ4n) is 3.43. The molecule has 0 saturated heterocycles. The second-order valence-corrected chi connectivity index (χ2v) is 6.79. The van der Waals surface area contributed by atoms with Crippen LogP contribution in [0.2, 0.25) is 0 Å². The monoisotopic (exact) mass is 367 g/mol. The number of nitrogens with two attached hydrogens (primary N) is 1. The summed E-state index contributed by atoms with van der Waals surface area (Å²) in [5.41, 5.74) is 9.04. The maximum atomic E-state index is 14.1. The van der Waals surface area contributed by atoms with Crippen molar-refractivity contribution in [1.29, 1.82) is 0 Å². The largest absolute Gasteiger partial charge is 0.368 e. The van der Waals surface area contributed by atoms with Crippen molar-refractivity contribution in [3.63, 3.8) is 0 Å². The lowest BCUT2D eigenvalue weighted by molar-refractivity contribution is 0.504. The Morgan fingerprint density at radius 1 is 1.15 bits per heavy atom. The summed E-state index contributed by atoms with van der Waals surface area (Å²) in [7, 11) is 0. The average molecular weight is 367 g/mol. The molecule has 0 aromatic carbocycles. The predicted octanol–water partition coefficient (Wildman–Crippen LogP) is 4.95. The van der Waals surface area contributed by atoms with Gasteiger partial charge in [-0.15, -0.1) is 0 Å². The van der Waals surface area contributed by atoms with Crippen molar-refractivity contribution in [2.45, 2.75) is 52.4 Å². The SMILES string of the molecule is C/C=C(/c1cc(F)c2nccn2c1)c1cnc(N)nc1C.C1CCCCC1. The van der Waals surface area contributed by atoms with Crippen LogP contribution in [0, 0.1) is 12.7 Å². The van der Waals surface area contributed by atoms with Crippen LogP contribution in [-0.4, -0.2) is 19.4 Å². The van der Waals surface area contributed by atoms with Gasteiger partial charge in [0.25, 0.3) is 0 Å². The van der Waals surface area contributed by atoms with Gasteiger partial charge in [-0.05, 0) is 25.5 Å². The first-order chi connectivity index (χ1) is 13.1. The third-order valence-electron chi connectivity index (χ3n) is 4.83. The first-order valence-corrected chi connectivity index (χ1v) is 9.48. The summed E-state index contributed by atoms with van der Waals surface area (Å²) < 4.78 is 15.7. The molecule has 1 aliphatic rings. The summed E-state index contributed by atoms with van der Waals surface area (Å²) in [6.07, 6.45) is 17.7. The number of aromatic nitrogens is 4.